The maximum atomic E-state index is 14.7. The van der Waals surface area contributed by atoms with Gasteiger partial charge >= 0.3 is 0 Å². The van der Waals surface area contributed by atoms with Gasteiger partial charge in [0, 0.05) is 46.1 Å². The molecule has 0 aliphatic carbocycles. The second-order valence-corrected chi connectivity index (χ2v) is 21.6. The normalized spacial score (nSPS) is 14.0. The fraction of sp³-hybridized carbons (Fsp3) is 0.698. The Labute approximate surface area is 539 Å². The molecule has 11 amide bonds. The summed E-state index contributed by atoms with van der Waals surface area (Å²) in [6, 6.07) is -13.1. The Morgan fingerprint density at radius 1 is 0.323 bits per heavy atom. The minimum atomic E-state index is -1.55. The number of primary amides is 2. The molecule has 0 fully saturated rings. The lowest BCUT2D eigenvalue weighted by atomic mass is 10.0. The van der Waals surface area contributed by atoms with E-state index in [9.17, 15) is 57.8 Å². The zero-order valence-corrected chi connectivity index (χ0v) is 53.2. The zero-order chi connectivity index (χ0) is 70.6. The second-order valence-electron chi connectivity index (χ2n) is 21.6. The van der Waals surface area contributed by atoms with Crippen molar-refractivity contribution in [3.63, 3.8) is 0 Å². The number of hydrogen-bond donors (Lipinski definition) is 24. The van der Waals surface area contributed by atoms with Gasteiger partial charge in [0.05, 0.1) is 6.10 Å². The number of rotatable bonds is 50. The van der Waals surface area contributed by atoms with E-state index >= 15 is 0 Å². The molecule has 0 saturated carbocycles. The second kappa shape index (κ2) is 47.3. The minimum absolute atomic E-state index is 0.00156. The van der Waals surface area contributed by atoms with E-state index < -0.39 is 132 Å². The number of hydrogen-bond acceptors (Lipinski definition) is 19. The van der Waals surface area contributed by atoms with Gasteiger partial charge in [-0.25, -0.2) is 0 Å². The molecule has 0 aromatic carbocycles. The summed E-state index contributed by atoms with van der Waals surface area (Å²) in [6.07, 6.45) is -1.29. The van der Waals surface area contributed by atoms with Crippen LogP contribution in [0.25, 0.3) is 0 Å². The summed E-state index contributed by atoms with van der Waals surface area (Å²) in [5.41, 5.74) is 77.6. The van der Waals surface area contributed by atoms with Crippen LogP contribution in [0.2, 0.25) is 0 Å². The number of amides is 11. The lowest BCUT2D eigenvalue weighted by Crippen LogP contribution is -2.60. The van der Waals surface area contributed by atoms with Crippen LogP contribution >= 0.6 is 0 Å². The smallest absolute Gasteiger partial charge is 0.243 e. The van der Waals surface area contributed by atoms with Crippen LogP contribution in [0, 0.1) is 0 Å². The quantitative estimate of drug-likeness (QED) is 0.0153. The molecular weight excluding hydrogens is 1220 g/mol. The van der Waals surface area contributed by atoms with E-state index in [1.54, 1.807) is 0 Å². The van der Waals surface area contributed by atoms with Crippen LogP contribution in [0.3, 0.4) is 0 Å². The van der Waals surface area contributed by atoms with Crippen molar-refractivity contribution < 1.29 is 57.8 Å². The topological polar surface area (TPSA) is 742 Å². The molecule has 40 heteroatoms. The molecule has 0 aromatic rings. The van der Waals surface area contributed by atoms with E-state index in [0.29, 0.717) is 12.8 Å². The van der Waals surface area contributed by atoms with Crippen molar-refractivity contribution in [1.82, 2.24) is 47.9 Å². The van der Waals surface area contributed by atoms with E-state index in [1.807, 2.05) is 0 Å². The molecule has 0 saturated heterocycles. The Balaban J connectivity index is 7.53. The lowest BCUT2D eigenvalue weighted by Gasteiger charge is -2.28. The number of unbranched alkanes of at least 4 members (excludes halogenated alkanes) is 2. The van der Waals surface area contributed by atoms with Crippen molar-refractivity contribution in [1.29, 1.82) is 0 Å². The molecule has 0 rings (SSSR count). The largest absolute Gasteiger partial charge is 0.391 e. The van der Waals surface area contributed by atoms with Crippen molar-refractivity contribution >= 4 is 94.8 Å². The molecule has 40 nitrogen and oxygen atoms in total. The van der Waals surface area contributed by atoms with Crippen LogP contribution in [0.5, 0.6) is 0 Å². The molecule has 0 spiro atoms. The summed E-state index contributed by atoms with van der Waals surface area (Å²) < 4.78 is 0. The van der Waals surface area contributed by atoms with E-state index in [4.69, 9.17) is 80.3 Å². The molecule has 38 N–H and O–H groups in total. The molecule has 0 unspecified atom stereocenters. The van der Waals surface area contributed by atoms with Gasteiger partial charge in [0.25, 0.3) is 0 Å². The first-order valence-corrected chi connectivity index (χ1v) is 30.5. The molecule has 0 heterocycles. The Bertz CT molecular complexity index is 2550. The van der Waals surface area contributed by atoms with Crippen LogP contribution in [-0.4, -0.2) is 206 Å². The fourth-order valence-electron chi connectivity index (χ4n) is 8.78. The highest BCUT2D eigenvalue weighted by Gasteiger charge is 2.36. The Morgan fingerprint density at radius 2 is 0.538 bits per heavy atom. The van der Waals surface area contributed by atoms with Crippen molar-refractivity contribution in [2.75, 3.05) is 45.8 Å². The Kier molecular flexibility index (Phi) is 42.4. The Hall–Kier alpha value is -9.60. The molecule has 10 atom stereocenters. The number of nitrogens with two attached hydrogens (primary N) is 14. The number of carbonyl (C=O) groups excluding carboxylic acids is 11. The molecule has 0 radical (unpaired) electrons. The van der Waals surface area contributed by atoms with Crippen LogP contribution in [0.15, 0.2) is 25.0 Å². The molecule has 93 heavy (non-hydrogen) atoms. The summed E-state index contributed by atoms with van der Waals surface area (Å²) in [7, 11) is 0. The zero-order valence-electron chi connectivity index (χ0n) is 53.2. The third-order valence-electron chi connectivity index (χ3n) is 13.5. The van der Waals surface area contributed by atoms with Gasteiger partial charge in [-0.2, -0.15) is 0 Å². The molecule has 0 aromatic heterocycles. The Morgan fingerprint density at radius 3 is 0.731 bits per heavy atom. The molecule has 0 bridgehead atoms. The van der Waals surface area contributed by atoms with Gasteiger partial charge < -0.3 is 133 Å². The standard InChI is InChI=1S/C53H104N28O12/c1-28(82)39(40(57)85)81-48(93)36(18-11-27-72-53(66)67)79-43(88)32(13-4-6-22-55)74-42(87)31(12-3-5-21-54)75-44(89)33(15-8-24-69-50(60)61)76-45(90)34(16-9-25-70-51(62)63)77-46(91)35(17-10-26-71-52(64)65)78-47(92)37(19-20-38(56)84)80-41(86)30(73-29(2)83)14-7-23-68-49(58)59/h28,30-37,39,82H,3-27,54-55H2,1-2H3,(H2,56,84)(H2,57,85)(H,73,83)(H,74,87)(H,75,89)(H,76,90)(H,77,91)(H,78,92)(H,79,88)(H,80,86)(H,81,93)(H4,58,59,68)(H4,60,61,69)(H4,62,63,70)(H4,64,65,71)(H4,66,67,72)/t28-,30+,31+,32+,33+,34+,35+,36+,37+,39+/m1/s1. The maximum absolute atomic E-state index is 14.7. The number of carbonyl (C=O) groups is 11. The number of aliphatic hydroxyl groups excluding tert-OH is 1. The van der Waals surface area contributed by atoms with Crippen LogP contribution in [-0.2, 0) is 52.7 Å². The van der Waals surface area contributed by atoms with Gasteiger partial charge in [-0.05, 0) is 129 Å². The number of aliphatic imine (C=N–C) groups is 5. The van der Waals surface area contributed by atoms with Crippen molar-refractivity contribution in [2.45, 2.75) is 190 Å². The lowest BCUT2D eigenvalue weighted by molar-refractivity contribution is -0.136. The van der Waals surface area contributed by atoms with Crippen molar-refractivity contribution in [3.05, 3.63) is 0 Å². The molecule has 0 aliphatic heterocycles. The van der Waals surface area contributed by atoms with Gasteiger partial charge in [-0.1, -0.05) is 0 Å². The molecule has 528 valence electrons. The van der Waals surface area contributed by atoms with Gasteiger partial charge in [-0.15, -0.1) is 0 Å². The molecule has 0 aliphatic rings. The monoisotopic (exact) mass is 1320 g/mol. The summed E-state index contributed by atoms with van der Waals surface area (Å²) in [6.45, 7) is 2.70. The average molecular weight is 1330 g/mol. The van der Waals surface area contributed by atoms with Crippen LogP contribution < -0.4 is 128 Å². The van der Waals surface area contributed by atoms with E-state index in [1.165, 1.54) is 6.92 Å². The fourth-order valence-corrected chi connectivity index (χ4v) is 8.78. The van der Waals surface area contributed by atoms with E-state index in [0.717, 1.165) is 6.92 Å². The van der Waals surface area contributed by atoms with E-state index in [2.05, 4.69) is 72.8 Å². The van der Waals surface area contributed by atoms with Gasteiger partial charge in [0.15, 0.2) is 29.8 Å². The number of nitrogens with one attached hydrogen (secondary N) is 9. The predicted molar refractivity (Wildman–Crippen MR) is 348 cm³/mol. The summed E-state index contributed by atoms with van der Waals surface area (Å²) >= 11 is 0. The molecular formula is C53H104N28O12. The maximum Gasteiger partial charge on any atom is 0.243 e. The number of guanidine groups is 5. The number of aliphatic hydroxyl groups is 1. The highest BCUT2D eigenvalue weighted by atomic mass is 16.3. The number of nitrogens with zero attached hydrogens (tertiary/aromatic N) is 5. The first kappa shape index (κ1) is 83.4. The third-order valence-corrected chi connectivity index (χ3v) is 13.5. The van der Waals surface area contributed by atoms with Gasteiger partial charge in [-0.3, -0.25) is 77.7 Å². The summed E-state index contributed by atoms with van der Waals surface area (Å²) in [5.74, 6) is -11.2. The average Bonchev–Trinajstić information content (AvgIpc) is 0.993. The van der Waals surface area contributed by atoms with Crippen molar-refractivity contribution in [3.8, 4) is 0 Å². The van der Waals surface area contributed by atoms with Gasteiger partial charge in [0.2, 0.25) is 65.0 Å². The first-order chi connectivity index (χ1) is 43.8. The van der Waals surface area contributed by atoms with Crippen molar-refractivity contribution in [2.24, 2.45) is 105 Å². The highest BCUT2D eigenvalue weighted by Crippen LogP contribution is 2.12. The van der Waals surface area contributed by atoms with E-state index in [-0.39, 0.29) is 172 Å². The summed E-state index contributed by atoms with van der Waals surface area (Å²) in [4.78, 5) is 170. The van der Waals surface area contributed by atoms with Crippen LogP contribution in [0.1, 0.15) is 129 Å². The van der Waals surface area contributed by atoms with Gasteiger partial charge in [0.1, 0.15) is 54.4 Å². The highest BCUT2D eigenvalue weighted by molar-refractivity contribution is 5.99. The minimum Gasteiger partial charge on any atom is -0.391 e. The first-order valence-electron chi connectivity index (χ1n) is 30.5. The predicted octanol–water partition coefficient (Wildman–Crippen LogP) is -11.0. The summed E-state index contributed by atoms with van der Waals surface area (Å²) in [5, 5.41) is 33.3. The third kappa shape index (κ3) is 39.3. The SMILES string of the molecule is CC(=O)N[C@@H](CCCN=C(N)N)C(=O)N[C@@H](CCC(N)=O)C(=O)N[C@@H](CCCN=C(N)N)C(=O)N[C@@H](CCCN=C(N)N)C(=O)N[C@@H](CCCN=C(N)N)C(=O)N[C@@H](CCCCN)C(=O)N[C@@H](CCCCN)C(=O)N[C@@H](CCCN=C(N)N)C(=O)N[C@H](C(N)=O)[C@@H](C)O. The van der Waals surface area contributed by atoms with Crippen LogP contribution in [0.4, 0.5) is 0 Å².